The van der Waals surface area contributed by atoms with Crippen molar-refractivity contribution in [1.29, 1.82) is 0 Å². The molecule has 0 aliphatic carbocycles. The number of para-hydroxylation sites is 1. The van der Waals surface area contributed by atoms with Gasteiger partial charge in [0.1, 0.15) is 5.69 Å². The Bertz CT molecular complexity index is 1060. The van der Waals surface area contributed by atoms with E-state index in [2.05, 4.69) is 20.6 Å². The molecule has 0 bridgehead atoms. The molecule has 1 saturated heterocycles. The molecule has 2 heterocycles. The third kappa shape index (κ3) is 5.13. The number of rotatable bonds is 5. The van der Waals surface area contributed by atoms with Gasteiger partial charge in [-0.3, -0.25) is 14.6 Å². The first kappa shape index (κ1) is 20.7. The van der Waals surface area contributed by atoms with Crippen molar-refractivity contribution in [3.8, 4) is 11.3 Å². The van der Waals surface area contributed by atoms with E-state index in [9.17, 15) is 9.59 Å². The second-order valence-corrected chi connectivity index (χ2v) is 7.45. The zero-order valence-electron chi connectivity index (χ0n) is 17.3. The molecule has 7 heteroatoms. The zero-order valence-corrected chi connectivity index (χ0v) is 17.3. The van der Waals surface area contributed by atoms with Crippen LogP contribution in [0.15, 0.2) is 60.8 Å². The van der Waals surface area contributed by atoms with Crippen molar-refractivity contribution >= 4 is 17.5 Å². The number of benzene rings is 2. The van der Waals surface area contributed by atoms with Crippen molar-refractivity contribution < 1.29 is 14.3 Å². The summed E-state index contributed by atoms with van der Waals surface area (Å²) in [6.45, 7) is 3.10. The molecular formula is C24H24N4O3. The van der Waals surface area contributed by atoms with E-state index in [0.717, 1.165) is 18.4 Å². The predicted molar refractivity (Wildman–Crippen MR) is 118 cm³/mol. The van der Waals surface area contributed by atoms with Crippen LogP contribution in [0.4, 0.5) is 5.69 Å². The number of aryl methyl sites for hydroxylation is 1. The molecule has 0 atom stereocenters. The van der Waals surface area contributed by atoms with E-state index < -0.39 is 0 Å². The number of aromatic nitrogens is 2. The Morgan fingerprint density at radius 3 is 2.39 bits per heavy atom. The number of hydrogen-bond donors (Lipinski definition) is 2. The highest BCUT2D eigenvalue weighted by Gasteiger charge is 2.18. The molecular weight excluding hydrogens is 392 g/mol. The molecule has 0 saturated carbocycles. The maximum absolute atomic E-state index is 12.7. The van der Waals surface area contributed by atoms with Gasteiger partial charge in [-0.2, -0.15) is 0 Å². The van der Waals surface area contributed by atoms with Crippen molar-refractivity contribution in [2.75, 3.05) is 18.5 Å². The number of carbonyl (C=O) groups excluding carboxylic acids is 2. The van der Waals surface area contributed by atoms with E-state index in [1.54, 1.807) is 25.3 Å². The van der Waals surface area contributed by atoms with Gasteiger partial charge < -0.3 is 15.4 Å². The fourth-order valence-electron chi connectivity index (χ4n) is 3.42. The van der Waals surface area contributed by atoms with Gasteiger partial charge in [0.25, 0.3) is 11.8 Å². The van der Waals surface area contributed by atoms with Crippen LogP contribution in [-0.2, 0) is 4.74 Å². The summed E-state index contributed by atoms with van der Waals surface area (Å²) < 4.78 is 5.33. The number of anilines is 1. The van der Waals surface area contributed by atoms with Crippen LogP contribution in [0.25, 0.3) is 11.3 Å². The van der Waals surface area contributed by atoms with Crippen molar-refractivity contribution in [2.45, 2.75) is 25.8 Å². The SMILES string of the molecule is Cc1ncc(-c2ccc(C(=O)NC3CCOCC3)cc2)nc1C(=O)Nc1ccccc1. The molecule has 0 radical (unpaired) electrons. The fourth-order valence-corrected chi connectivity index (χ4v) is 3.42. The topological polar surface area (TPSA) is 93.2 Å². The fraction of sp³-hybridized carbons (Fsp3) is 0.250. The average molecular weight is 416 g/mol. The van der Waals surface area contributed by atoms with Crippen LogP contribution in [0.1, 0.15) is 39.4 Å². The normalized spacial score (nSPS) is 14.1. The van der Waals surface area contributed by atoms with E-state index in [4.69, 9.17) is 4.74 Å². The van der Waals surface area contributed by atoms with E-state index in [-0.39, 0.29) is 23.6 Å². The second-order valence-electron chi connectivity index (χ2n) is 7.45. The first-order valence-electron chi connectivity index (χ1n) is 10.3. The highest BCUT2D eigenvalue weighted by atomic mass is 16.5. The molecule has 2 aromatic carbocycles. The van der Waals surface area contributed by atoms with Crippen molar-refractivity contribution in [3.05, 3.63) is 77.7 Å². The van der Waals surface area contributed by atoms with Crippen LogP contribution < -0.4 is 10.6 Å². The molecule has 2 N–H and O–H groups in total. The Hall–Kier alpha value is -3.58. The Morgan fingerprint density at radius 1 is 0.968 bits per heavy atom. The van der Waals surface area contributed by atoms with E-state index >= 15 is 0 Å². The quantitative estimate of drug-likeness (QED) is 0.663. The summed E-state index contributed by atoms with van der Waals surface area (Å²) in [6.07, 6.45) is 3.29. The third-order valence-corrected chi connectivity index (χ3v) is 5.20. The van der Waals surface area contributed by atoms with Crippen LogP contribution in [0.3, 0.4) is 0 Å². The van der Waals surface area contributed by atoms with Gasteiger partial charge in [0.2, 0.25) is 0 Å². The van der Waals surface area contributed by atoms with E-state index in [1.807, 2.05) is 42.5 Å². The van der Waals surface area contributed by atoms with Crippen LogP contribution in [-0.4, -0.2) is 41.0 Å². The summed E-state index contributed by atoms with van der Waals surface area (Å²) in [5.41, 5.74) is 3.44. The first-order chi connectivity index (χ1) is 15.1. The summed E-state index contributed by atoms with van der Waals surface area (Å²) in [5, 5.41) is 5.89. The summed E-state index contributed by atoms with van der Waals surface area (Å²) in [5.74, 6) is -0.415. The van der Waals surface area contributed by atoms with Crippen molar-refractivity contribution in [2.24, 2.45) is 0 Å². The summed E-state index contributed by atoms with van der Waals surface area (Å²) >= 11 is 0. The van der Waals surface area contributed by atoms with Crippen molar-refractivity contribution in [3.63, 3.8) is 0 Å². The van der Waals surface area contributed by atoms with Gasteiger partial charge in [0, 0.05) is 36.1 Å². The lowest BCUT2D eigenvalue weighted by Gasteiger charge is -2.23. The van der Waals surface area contributed by atoms with Crippen LogP contribution >= 0.6 is 0 Å². The number of hydrogen-bond acceptors (Lipinski definition) is 5. The Morgan fingerprint density at radius 2 is 1.68 bits per heavy atom. The largest absolute Gasteiger partial charge is 0.381 e. The van der Waals surface area contributed by atoms with Gasteiger partial charge in [-0.05, 0) is 44.0 Å². The Labute approximate surface area is 180 Å². The lowest BCUT2D eigenvalue weighted by Crippen LogP contribution is -2.38. The molecule has 158 valence electrons. The van der Waals surface area contributed by atoms with Crippen LogP contribution in [0, 0.1) is 6.92 Å². The minimum atomic E-state index is -0.314. The maximum Gasteiger partial charge on any atom is 0.276 e. The lowest BCUT2D eigenvalue weighted by atomic mass is 10.1. The minimum absolute atomic E-state index is 0.101. The number of nitrogens with one attached hydrogen (secondary N) is 2. The van der Waals surface area contributed by atoms with E-state index in [0.29, 0.717) is 35.9 Å². The number of amides is 2. The highest BCUT2D eigenvalue weighted by Crippen LogP contribution is 2.19. The summed E-state index contributed by atoms with van der Waals surface area (Å²) in [7, 11) is 0. The molecule has 1 aromatic heterocycles. The molecule has 0 unspecified atom stereocenters. The Kier molecular flexibility index (Phi) is 6.33. The number of nitrogens with zero attached hydrogens (tertiary/aromatic N) is 2. The second kappa shape index (κ2) is 9.49. The van der Waals surface area contributed by atoms with E-state index in [1.165, 1.54) is 0 Å². The average Bonchev–Trinajstić information content (AvgIpc) is 2.81. The minimum Gasteiger partial charge on any atom is -0.381 e. The molecule has 0 spiro atoms. The molecule has 31 heavy (non-hydrogen) atoms. The van der Waals surface area contributed by atoms with Gasteiger partial charge >= 0.3 is 0 Å². The summed E-state index contributed by atoms with van der Waals surface area (Å²) in [4.78, 5) is 34.0. The zero-order chi connectivity index (χ0) is 21.6. The lowest BCUT2D eigenvalue weighted by molar-refractivity contribution is 0.0696. The van der Waals surface area contributed by atoms with Gasteiger partial charge in [-0.1, -0.05) is 30.3 Å². The van der Waals surface area contributed by atoms with Crippen LogP contribution in [0.5, 0.6) is 0 Å². The third-order valence-electron chi connectivity index (χ3n) is 5.20. The van der Waals surface area contributed by atoms with Gasteiger partial charge in [-0.15, -0.1) is 0 Å². The summed E-state index contributed by atoms with van der Waals surface area (Å²) in [6, 6.07) is 16.5. The van der Waals surface area contributed by atoms with Crippen molar-refractivity contribution in [1.82, 2.24) is 15.3 Å². The van der Waals surface area contributed by atoms with Gasteiger partial charge in [0.15, 0.2) is 0 Å². The first-order valence-corrected chi connectivity index (χ1v) is 10.3. The smallest absolute Gasteiger partial charge is 0.276 e. The molecule has 4 rings (SSSR count). The number of carbonyl (C=O) groups is 2. The molecule has 2 amide bonds. The molecule has 1 aliphatic heterocycles. The number of ether oxygens (including phenoxy) is 1. The molecule has 3 aromatic rings. The van der Waals surface area contributed by atoms with Gasteiger partial charge in [0.05, 0.1) is 17.6 Å². The predicted octanol–water partition coefficient (Wildman–Crippen LogP) is 3.61. The van der Waals surface area contributed by atoms with Gasteiger partial charge in [-0.25, -0.2) is 4.98 Å². The molecule has 1 aliphatic rings. The molecule has 1 fully saturated rings. The standard InChI is InChI=1S/C24H24N4O3/c1-16-22(24(30)27-19-5-3-2-4-6-19)28-21(15-25-16)17-7-9-18(10-8-17)23(29)26-20-11-13-31-14-12-20/h2-10,15,20H,11-14H2,1H3,(H,26,29)(H,27,30). The maximum atomic E-state index is 12.7. The molecule has 7 nitrogen and oxygen atoms in total. The Balaban J connectivity index is 1.48. The van der Waals surface area contributed by atoms with Crippen LogP contribution in [0.2, 0.25) is 0 Å². The monoisotopic (exact) mass is 416 g/mol. The highest BCUT2D eigenvalue weighted by molar-refractivity contribution is 6.03.